The first-order valence-electron chi connectivity index (χ1n) is 7.76. The SMILES string of the molecule is O=C(NN=Cc1cccs1)c1ccc(NC(=O)c2ccc(Cl)cc2Cl)cc1. The molecule has 0 radical (unpaired) electrons. The van der Waals surface area contributed by atoms with Crippen molar-refractivity contribution in [2.24, 2.45) is 5.10 Å². The molecule has 0 saturated carbocycles. The second kappa shape index (κ2) is 8.81. The molecule has 3 aromatic rings. The highest BCUT2D eigenvalue weighted by Gasteiger charge is 2.11. The molecule has 27 heavy (non-hydrogen) atoms. The van der Waals surface area contributed by atoms with E-state index in [-0.39, 0.29) is 16.8 Å². The lowest BCUT2D eigenvalue weighted by Crippen LogP contribution is -2.17. The molecule has 0 saturated heterocycles. The van der Waals surface area contributed by atoms with E-state index in [2.05, 4.69) is 15.8 Å². The largest absolute Gasteiger partial charge is 0.322 e. The number of rotatable bonds is 5. The van der Waals surface area contributed by atoms with Gasteiger partial charge in [0.05, 0.1) is 16.8 Å². The van der Waals surface area contributed by atoms with Gasteiger partial charge in [-0.3, -0.25) is 9.59 Å². The number of thiophene rings is 1. The van der Waals surface area contributed by atoms with Gasteiger partial charge in [-0.05, 0) is 53.9 Å². The summed E-state index contributed by atoms with van der Waals surface area (Å²) in [5, 5.41) is 9.27. The summed E-state index contributed by atoms with van der Waals surface area (Å²) < 4.78 is 0. The molecule has 0 spiro atoms. The van der Waals surface area contributed by atoms with Crippen LogP contribution in [0.2, 0.25) is 10.0 Å². The minimum Gasteiger partial charge on any atom is -0.322 e. The topological polar surface area (TPSA) is 70.6 Å². The zero-order valence-corrected chi connectivity index (χ0v) is 16.1. The van der Waals surface area contributed by atoms with Gasteiger partial charge in [0.25, 0.3) is 11.8 Å². The Balaban J connectivity index is 1.61. The molecule has 8 heteroatoms. The number of anilines is 1. The van der Waals surface area contributed by atoms with Crippen molar-refractivity contribution in [1.29, 1.82) is 0 Å². The van der Waals surface area contributed by atoms with Crippen LogP contribution in [-0.4, -0.2) is 18.0 Å². The number of halogens is 2. The Morgan fingerprint density at radius 1 is 1.00 bits per heavy atom. The van der Waals surface area contributed by atoms with Crippen LogP contribution in [0.4, 0.5) is 5.69 Å². The van der Waals surface area contributed by atoms with E-state index in [4.69, 9.17) is 23.2 Å². The van der Waals surface area contributed by atoms with Crippen molar-refractivity contribution in [1.82, 2.24) is 5.43 Å². The highest BCUT2D eigenvalue weighted by Crippen LogP contribution is 2.22. The summed E-state index contributed by atoms with van der Waals surface area (Å²) in [4.78, 5) is 25.3. The normalized spacial score (nSPS) is 10.7. The van der Waals surface area contributed by atoms with Crippen molar-refractivity contribution in [3.63, 3.8) is 0 Å². The lowest BCUT2D eigenvalue weighted by Gasteiger charge is -2.08. The van der Waals surface area contributed by atoms with E-state index in [9.17, 15) is 9.59 Å². The molecule has 1 aromatic heterocycles. The smallest absolute Gasteiger partial charge is 0.271 e. The molecule has 0 aliphatic carbocycles. The fraction of sp³-hybridized carbons (Fsp3) is 0. The minimum atomic E-state index is -0.366. The lowest BCUT2D eigenvalue weighted by molar-refractivity contribution is 0.0954. The van der Waals surface area contributed by atoms with E-state index >= 15 is 0 Å². The van der Waals surface area contributed by atoms with Crippen LogP contribution in [0.5, 0.6) is 0 Å². The maximum atomic E-state index is 12.3. The van der Waals surface area contributed by atoms with Gasteiger partial charge >= 0.3 is 0 Å². The number of benzene rings is 2. The predicted octanol–water partition coefficient (Wildman–Crippen LogP) is 5.07. The number of carbonyl (C=O) groups excluding carboxylic acids is 2. The first-order valence-corrected chi connectivity index (χ1v) is 9.40. The summed E-state index contributed by atoms with van der Waals surface area (Å²) in [5.41, 5.74) is 3.72. The van der Waals surface area contributed by atoms with Crippen molar-refractivity contribution in [3.8, 4) is 0 Å². The van der Waals surface area contributed by atoms with E-state index in [0.717, 1.165) is 4.88 Å². The van der Waals surface area contributed by atoms with Gasteiger partial charge in [0.2, 0.25) is 0 Å². The molecular weight excluding hydrogens is 405 g/mol. The molecule has 0 atom stereocenters. The van der Waals surface area contributed by atoms with E-state index in [1.807, 2.05) is 17.5 Å². The monoisotopic (exact) mass is 417 g/mol. The second-order valence-corrected chi connectivity index (χ2v) is 7.19. The van der Waals surface area contributed by atoms with Gasteiger partial charge < -0.3 is 5.32 Å². The highest BCUT2D eigenvalue weighted by molar-refractivity contribution is 7.11. The summed E-state index contributed by atoms with van der Waals surface area (Å²) in [6.07, 6.45) is 1.58. The molecule has 5 nitrogen and oxygen atoms in total. The molecule has 2 N–H and O–H groups in total. The van der Waals surface area contributed by atoms with Crippen LogP contribution < -0.4 is 10.7 Å². The number of hydrogen-bond donors (Lipinski definition) is 2. The molecule has 0 aliphatic heterocycles. The van der Waals surface area contributed by atoms with Crippen molar-refractivity contribution in [3.05, 3.63) is 86.0 Å². The third-order valence-electron chi connectivity index (χ3n) is 3.48. The Bertz CT molecular complexity index is 987. The Labute approximate surface area is 169 Å². The van der Waals surface area contributed by atoms with E-state index in [0.29, 0.717) is 21.8 Å². The zero-order valence-electron chi connectivity index (χ0n) is 13.8. The van der Waals surface area contributed by atoms with Crippen molar-refractivity contribution >= 4 is 58.3 Å². The quantitative estimate of drug-likeness (QED) is 0.449. The summed E-state index contributed by atoms with van der Waals surface area (Å²) in [6.45, 7) is 0. The number of nitrogens with one attached hydrogen (secondary N) is 2. The summed E-state index contributed by atoms with van der Waals surface area (Å²) in [7, 11) is 0. The maximum Gasteiger partial charge on any atom is 0.271 e. The first-order chi connectivity index (χ1) is 13.0. The lowest BCUT2D eigenvalue weighted by atomic mass is 10.1. The van der Waals surface area contributed by atoms with Crippen LogP contribution in [-0.2, 0) is 0 Å². The zero-order chi connectivity index (χ0) is 19.2. The third-order valence-corrected chi connectivity index (χ3v) is 4.84. The van der Waals surface area contributed by atoms with Gasteiger partial charge in [-0.1, -0.05) is 29.3 Å². The predicted molar refractivity (Wildman–Crippen MR) is 110 cm³/mol. The van der Waals surface area contributed by atoms with Crippen LogP contribution in [0.3, 0.4) is 0 Å². The van der Waals surface area contributed by atoms with E-state index < -0.39 is 0 Å². The summed E-state index contributed by atoms with van der Waals surface area (Å²) in [6, 6.07) is 14.9. The van der Waals surface area contributed by atoms with Crippen LogP contribution in [0.25, 0.3) is 0 Å². The van der Waals surface area contributed by atoms with Gasteiger partial charge in [-0.25, -0.2) is 5.43 Å². The van der Waals surface area contributed by atoms with Crippen LogP contribution in [0.15, 0.2) is 65.1 Å². The number of amides is 2. The Kier molecular flexibility index (Phi) is 6.24. The van der Waals surface area contributed by atoms with Crippen LogP contribution in [0, 0.1) is 0 Å². The number of hydrazone groups is 1. The summed E-state index contributed by atoms with van der Waals surface area (Å²) >= 11 is 13.4. The Morgan fingerprint density at radius 2 is 1.78 bits per heavy atom. The van der Waals surface area contributed by atoms with Gasteiger partial charge in [0, 0.05) is 21.2 Å². The van der Waals surface area contributed by atoms with E-state index in [1.165, 1.54) is 17.4 Å². The molecule has 0 bridgehead atoms. The molecule has 0 fully saturated rings. The average molecular weight is 418 g/mol. The number of nitrogens with zero attached hydrogens (tertiary/aromatic N) is 1. The first kappa shape index (κ1) is 19.1. The summed E-state index contributed by atoms with van der Waals surface area (Å²) in [5.74, 6) is -0.712. The third kappa shape index (κ3) is 5.17. The maximum absolute atomic E-state index is 12.3. The molecule has 3 rings (SSSR count). The van der Waals surface area contributed by atoms with Gasteiger partial charge in [-0.2, -0.15) is 5.10 Å². The number of hydrogen-bond acceptors (Lipinski definition) is 4. The molecule has 0 unspecified atom stereocenters. The molecule has 0 aliphatic rings. The van der Waals surface area contributed by atoms with Crippen molar-refractivity contribution < 1.29 is 9.59 Å². The highest BCUT2D eigenvalue weighted by atomic mass is 35.5. The fourth-order valence-electron chi connectivity index (χ4n) is 2.16. The van der Waals surface area contributed by atoms with Crippen LogP contribution >= 0.6 is 34.5 Å². The standard InChI is InChI=1S/C19H13Cl2N3O2S/c20-13-5-8-16(17(21)10-13)19(26)23-14-6-3-12(4-7-14)18(25)24-22-11-15-2-1-9-27-15/h1-11H,(H,23,26)(H,24,25). The van der Waals surface area contributed by atoms with Crippen LogP contribution in [0.1, 0.15) is 25.6 Å². The van der Waals surface area contributed by atoms with Crippen molar-refractivity contribution in [2.45, 2.75) is 0 Å². The Morgan fingerprint density at radius 3 is 2.44 bits per heavy atom. The fourth-order valence-corrected chi connectivity index (χ4v) is 3.24. The molecular formula is C19H13Cl2N3O2S. The average Bonchev–Trinajstić information content (AvgIpc) is 3.15. The van der Waals surface area contributed by atoms with E-state index in [1.54, 1.807) is 42.6 Å². The molecule has 1 heterocycles. The molecule has 2 aromatic carbocycles. The van der Waals surface area contributed by atoms with Gasteiger partial charge in [-0.15, -0.1) is 11.3 Å². The van der Waals surface area contributed by atoms with Gasteiger partial charge in [0.15, 0.2) is 0 Å². The second-order valence-electron chi connectivity index (χ2n) is 5.37. The molecule has 136 valence electrons. The number of carbonyl (C=O) groups is 2. The Hall–Kier alpha value is -2.67. The van der Waals surface area contributed by atoms with Crippen molar-refractivity contribution in [2.75, 3.05) is 5.32 Å². The minimum absolute atomic E-state index is 0.264. The molecule has 2 amide bonds. The van der Waals surface area contributed by atoms with Gasteiger partial charge in [0.1, 0.15) is 0 Å².